The summed E-state index contributed by atoms with van der Waals surface area (Å²) >= 11 is 5.96. The quantitative estimate of drug-likeness (QED) is 0.422. The van der Waals surface area contributed by atoms with Gasteiger partial charge in [-0.15, -0.1) is 0 Å². The summed E-state index contributed by atoms with van der Waals surface area (Å²) in [4.78, 5) is 16.3. The van der Waals surface area contributed by atoms with E-state index in [9.17, 15) is 4.79 Å². The summed E-state index contributed by atoms with van der Waals surface area (Å²) in [5, 5.41) is 0.562. The Hall–Kier alpha value is -2.59. The molecule has 0 spiro atoms. The third-order valence-corrected chi connectivity index (χ3v) is 3.88. The molecule has 2 aromatic carbocycles. The molecule has 0 fully saturated rings. The van der Waals surface area contributed by atoms with Crippen molar-refractivity contribution in [1.82, 2.24) is 0 Å². The van der Waals surface area contributed by atoms with E-state index >= 15 is 0 Å². The smallest absolute Gasteiger partial charge is 0.363 e. The Bertz CT molecular complexity index is 825. The molecule has 2 aromatic rings. The SMILES string of the molecule is CCCCOc1ccc(C=C2N=C(c3cccc(Cl)c3)OC2=O)cc1. The molecule has 4 nitrogen and oxygen atoms in total. The van der Waals surface area contributed by atoms with Gasteiger partial charge in [0.05, 0.1) is 6.61 Å². The zero-order chi connectivity index (χ0) is 17.6. The number of carbonyl (C=O) groups is 1. The van der Waals surface area contributed by atoms with Crippen LogP contribution in [0.4, 0.5) is 0 Å². The fourth-order valence-corrected chi connectivity index (χ4v) is 2.50. The van der Waals surface area contributed by atoms with Crippen LogP contribution in [0.5, 0.6) is 5.75 Å². The van der Waals surface area contributed by atoms with E-state index in [-0.39, 0.29) is 11.6 Å². The van der Waals surface area contributed by atoms with Crippen molar-refractivity contribution in [2.24, 2.45) is 4.99 Å². The van der Waals surface area contributed by atoms with Crippen LogP contribution in [0.3, 0.4) is 0 Å². The third-order valence-electron chi connectivity index (χ3n) is 3.64. The van der Waals surface area contributed by atoms with Crippen molar-refractivity contribution < 1.29 is 14.3 Å². The molecule has 5 heteroatoms. The summed E-state index contributed by atoms with van der Waals surface area (Å²) in [6.45, 7) is 2.83. The summed E-state index contributed by atoms with van der Waals surface area (Å²) in [6, 6.07) is 14.6. The lowest BCUT2D eigenvalue weighted by Gasteiger charge is -2.05. The van der Waals surface area contributed by atoms with Gasteiger partial charge in [-0.1, -0.05) is 43.1 Å². The first-order valence-electron chi connectivity index (χ1n) is 8.17. The van der Waals surface area contributed by atoms with E-state index in [0.717, 1.165) is 24.2 Å². The Morgan fingerprint density at radius 1 is 1.20 bits per heavy atom. The number of benzene rings is 2. The zero-order valence-electron chi connectivity index (χ0n) is 13.9. The van der Waals surface area contributed by atoms with Crippen LogP contribution in [0.1, 0.15) is 30.9 Å². The lowest BCUT2D eigenvalue weighted by molar-refractivity contribution is -0.129. The van der Waals surface area contributed by atoms with Crippen molar-refractivity contribution in [3.05, 3.63) is 70.4 Å². The van der Waals surface area contributed by atoms with Gasteiger partial charge in [0.2, 0.25) is 5.90 Å². The van der Waals surface area contributed by atoms with Gasteiger partial charge in [-0.05, 0) is 48.4 Å². The molecule has 1 aliphatic rings. The molecule has 0 aliphatic carbocycles. The highest BCUT2D eigenvalue weighted by Crippen LogP contribution is 2.22. The van der Waals surface area contributed by atoms with E-state index in [2.05, 4.69) is 11.9 Å². The third kappa shape index (κ3) is 4.48. The lowest BCUT2D eigenvalue weighted by atomic mass is 10.2. The van der Waals surface area contributed by atoms with Crippen molar-refractivity contribution >= 4 is 29.5 Å². The van der Waals surface area contributed by atoms with Crippen LogP contribution in [0, 0.1) is 0 Å². The Morgan fingerprint density at radius 2 is 2.00 bits per heavy atom. The minimum atomic E-state index is -0.474. The predicted octanol–water partition coefficient (Wildman–Crippen LogP) is 4.86. The van der Waals surface area contributed by atoms with Gasteiger partial charge < -0.3 is 9.47 Å². The van der Waals surface area contributed by atoms with E-state index in [1.807, 2.05) is 24.3 Å². The van der Waals surface area contributed by atoms with Crippen molar-refractivity contribution in [3.8, 4) is 5.75 Å². The molecule has 0 unspecified atom stereocenters. The summed E-state index contributed by atoms with van der Waals surface area (Å²) in [5.41, 5.74) is 1.78. The van der Waals surface area contributed by atoms with Gasteiger partial charge >= 0.3 is 5.97 Å². The zero-order valence-corrected chi connectivity index (χ0v) is 14.6. The number of ether oxygens (including phenoxy) is 2. The van der Waals surface area contributed by atoms with Gasteiger partial charge in [-0.3, -0.25) is 0 Å². The average molecular weight is 356 g/mol. The lowest BCUT2D eigenvalue weighted by Crippen LogP contribution is -2.05. The van der Waals surface area contributed by atoms with Crippen LogP contribution < -0.4 is 4.74 Å². The maximum Gasteiger partial charge on any atom is 0.363 e. The minimum Gasteiger partial charge on any atom is -0.494 e. The molecule has 0 bridgehead atoms. The Kier molecular flexibility index (Phi) is 5.51. The number of cyclic esters (lactones) is 1. The van der Waals surface area contributed by atoms with Gasteiger partial charge in [0, 0.05) is 10.6 Å². The molecule has 0 aromatic heterocycles. The normalized spacial score (nSPS) is 15.2. The van der Waals surface area contributed by atoms with Crippen LogP contribution in [0.2, 0.25) is 5.02 Å². The minimum absolute atomic E-state index is 0.259. The van der Waals surface area contributed by atoms with Crippen LogP contribution in [-0.2, 0) is 9.53 Å². The van der Waals surface area contributed by atoms with Crippen LogP contribution in [0.15, 0.2) is 59.2 Å². The van der Waals surface area contributed by atoms with E-state index in [4.69, 9.17) is 21.1 Å². The van der Waals surface area contributed by atoms with Crippen LogP contribution in [-0.4, -0.2) is 18.5 Å². The number of aliphatic imine (C=N–C) groups is 1. The van der Waals surface area contributed by atoms with Crippen molar-refractivity contribution in [2.45, 2.75) is 19.8 Å². The number of rotatable bonds is 6. The second kappa shape index (κ2) is 7.99. The maximum absolute atomic E-state index is 12.0. The second-order valence-electron chi connectivity index (χ2n) is 5.62. The highest BCUT2D eigenvalue weighted by atomic mass is 35.5. The van der Waals surface area contributed by atoms with Crippen molar-refractivity contribution in [3.63, 3.8) is 0 Å². The highest BCUT2D eigenvalue weighted by Gasteiger charge is 2.24. The monoisotopic (exact) mass is 355 g/mol. The summed E-state index contributed by atoms with van der Waals surface area (Å²) in [7, 11) is 0. The van der Waals surface area contributed by atoms with E-state index in [0.29, 0.717) is 17.2 Å². The first-order chi connectivity index (χ1) is 12.2. The fourth-order valence-electron chi connectivity index (χ4n) is 2.31. The number of halogens is 1. The maximum atomic E-state index is 12.0. The van der Waals surface area contributed by atoms with Crippen molar-refractivity contribution in [1.29, 1.82) is 0 Å². The molecule has 0 radical (unpaired) electrons. The van der Waals surface area contributed by atoms with Crippen LogP contribution >= 0.6 is 11.6 Å². The average Bonchev–Trinajstić information content (AvgIpc) is 2.97. The van der Waals surface area contributed by atoms with E-state index < -0.39 is 5.97 Å². The second-order valence-corrected chi connectivity index (χ2v) is 6.05. The molecular formula is C20H18ClNO3. The predicted molar refractivity (Wildman–Crippen MR) is 98.9 cm³/mol. The largest absolute Gasteiger partial charge is 0.494 e. The highest BCUT2D eigenvalue weighted by molar-refractivity contribution is 6.31. The van der Waals surface area contributed by atoms with E-state index in [1.54, 1.807) is 30.3 Å². The molecule has 0 amide bonds. The fraction of sp³-hybridized carbons (Fsp3) is 0.200. The van der Waals surface area contributed by atoms with Gasteiger partial charge in [0.15, 0.2) is 5.70 Å². The molecule has 1 heterocycles. The molecule has 0 atom stereocenters. The standard InChI is InChI=1S/C20H18ClNO3/c1-2-3-11-24-17-9-7-14(8-10-17)12-18-20(23)25-19(22-18)15-5-4-6-16(21)13-15/h4-10,12-13H,2-3,11H2,1H3. The number of hydrogen-bond acceptors (Lipinski definition) is 4. The number of carbonyl (C=O) groups excluding carboxylic acids is 1. The van der Waals surface area contributed by atoms with Gasteiger partial charge in [0.25, 0.3) is 0 Å². The Labute approximate surface area is 151 Å². The number of nitrogens with zero attached hydrogens (tertiary/aromatic N) is 1. The van der Waals surface area contributed by atoms with Gasteiger partial charge in [-0.2, -0.15) is 0 Å². The number of hydrogen-bond donors (Lipinski definition) is 0. The molecule has 0 saturated carbocycles. The summed E-state index contributed by atoms with van der Waals surface area (Å²) in [5.74, 6) is 0.601. The Balaban J connectivity index is 1.75. The Morgan fingerprint density at radius 3 is 2.72 bits per heavy atom. The topological polar surface area (TPSA) is 47.9 Å². The molecule has 3 rings (SSSR count). The molecular weight excluding hydrogens is 338 g/mol. The number of esters is 1. The molecule has 25 heavy (non-hydrogen) atoms. The van der Waals surface area contributed by atoms with Gasteiger partial charge in [-0.25, -0.2) is 9.79 Å². The first-order valence-corrected chi connectivity index (χ1v) is 8.55. The van der Waals surface area contributed by atoms with Crippen molar-refractivity contribution in [2.75, 3.05) is 6.61 Å². The molecule has 0 N–H and O–H groups in total. The summed E-state index contributed by atoms with van der Waals surface area (Å²) < 4.78 is 10.9. The summed E-state index contributed by atoms with van der Waals surface area (Å²) in [6.07, 6.45) is 3.81. The van der Waals surface area contributed by atoms with Crippen LogP contribution in [0.25, 0.3) is 6.08 Å². The molecule has 0 saturated heterocycles. The van der Waals surface area contributed by atoms with E-state index in [1.165, 1.54) is 0 Å². The molecule has 128 valence electrons. The first kappa shape index (κ1) is 17.2. The van der Waals surface area contributed by atoms with Gasteiger partial charge in [0.1, 0.15) is 5.75 Å². The molecule has 1 aliphatic heterocycles. The number of unbranched alkanes of at least 4 members (excludes halogenated alkanes) is 1.